The van der Waals surface area contributed by atoms with Crippen LogP contribution in [0.1, 0.15) is 46.5 Å². The van der Waals surface area contributed by atoms with Gasteiger partial charge < -0.3 is 15.4 Å². The van der Waals surface area contributed by atoms with E-state index in [1.807, 2.05) is 0 Å². The summed E-state index contributed by atoms with van der Waals surface area (Å²) in [6.45, 7) is 9.41. The maximum absolute atomic E-state index is 12.4. The van der Waals surface area contributed by atoms with Crippen LogP contribution < -0.4 is 10.6 Å². The first kappa shape index (κ1) is 14.3. The van der Waals surface area contributed by atoms with Crippen LogP contribution in [0, 0.1) is 16.7 Å². The van der Waals surface area contributed by atoms with Crippen molar-refractivity contribution in [1.29, 1.82) is 0 Å². The fraction of sp³-hybridized carbons (Fsp3) is 0.938. The molecule has 2 N–H and O–H groups in total. The summed E-state index contributed by atoms with van der Waals surface area (Å²) in [5.41, 5.74) is 0.532. The number of hydrogen-bond donors (Lipinski definition) is 2. The third-order valence-corrected chi connectivity index (χ3v) is 5.99. The summed E-state index contributed by atoms with van der Waals surface area (Å²) >= 11 is 0. The second kappa shape index (κ2) is 4.99. The maximum Gasteiger partial charge on any atom is 0.222 e. The zero-order chi connectivity index (χ0) is 14.4. The van der Waals surface area contributed by atoms with Crippen molar-refractivity contribution < 1.29 is 9.53 Å². The molecule has 114 valence electrons. The molecule has 2 saturated carbocycles. The van der Waals surface area contributed by atoms with Gasteiger partial charge in [-0.3, -0.25) is 4.79 Å². The van der Waals surface area contributed by atoms with Crippen LogP contribution in [0.5, 0.6) is 0 Å². The second-order valence-corrected chi connectivity index (χ2v) is 7.82. The quantitative estimate of drug-likeness (QED) is 0.827. The smallest absolute Gasteiger partial charge is 0.222 e. The molecule has 0 aromatic rings. The van der Waals surface area contributed by atoms with Crippen molar-refractivity contribution >= 4 is 5.91 Å². The van der Waals surface area contributed by atoms with Crippen LogP contribution in [0.15, 0.2) is 0 Å². The first-order valence-electron chi connectivity index (χ1n) is 8.03. The Morgan fingerprint density at radius 3 is 2.80 bits per heavy atom. The van der Waals surface area contributed by atoms with Crippen LogP contribution >= 0.6 is 0 Å². The van der Waals surface area contributed by atoms with Crippen molar-refractivity contribution in [2.75, 3.05) is 19.7 Å². The van der Waals surface area contributed by atoms with E-state index in [-0.39, 0.29) is 17.4 Å². The Morgan fingerprint density at radius 2 is 2.20 bits per heavy atom. The molecule has 20 heavy (non-hydrogen) atoms. The van der Waals surface area contributed by atoms with E-state index in [1.54, 1.807) is 0 Å². The zero-order valence-electron chi connectivity index (χ0n) is 13.0. The average molecular weight is 280 g/mol. The van der Waals surface area contributed by atoms with Crippen LogP contribution in [-0.4, -0.2) is 37.7 Å². The van der Waals surface area contributed by atoms with Crippen molar-refractivity contribution in [2.45, 2.75) is 58.6 Å². The normalized spacial score (nSPS) is 42.6. The monoisotopic (exact) mass is 280 g/mol. The molecule has 1 heterocycles. The molecule has 1 saturated heterocycles. The highest BCUT2D eigenvalue weighted by Gasteiger charge is 2.59. The summed E-state index contributed by atoms with van der Waals surface area (Å²) < 4.78 is 5.63. The summed E-state index contributed by atoms with van der Waals surface area (Å²) in [6.07, 6.45) is 4.38. The van der Waals surface area contributed by atoms with E-state index < -0.39 is 0 Å². The van der Waals surface area contributed by atoms with Crippen molar-refractivity contribution in [3.05, 3.63) is 0 Å². The molecule has 0 aromatic carbocycles. The van der Waals surface area contributed by atoms with Gasteiger partial charge in [0.25, 0.3) is 0 Å². The average Bonchev–Trinajstić information content (AvgIpc) is 2.87. The molecular formula is C16H28N2O2. The van der Waals surface area contributed by atoms with E-state index >= 15 is 0 Å². The summed E-state index contributed by atoms with van der Waals surface area (Å²) in [5.74, 6) is 0.927. The van der Waals surface area contributed by atoms with Gasteiger partial charge in [-0.1, -0.05) is 20.8 Å². The minimum absolute atomic E-state index is 0.0401. The van der Waals surface area contributed by atoms with Gasteiger partial charge in [-0.25, -0.2) is 0 Å². The molecular weight excluding hydrogens is 252 g/mol. The lowest BCUT2D eigenvalue weighted by Gasteiger charge is -2.43. The number of nitrogens with one attached hydrogen (secondary N) is 2. The van der Waals surface area contributed by atoms with Gasteiger partial charge in [0.1, 0.15) is 0 Å². The van der Waals surface area contributed by atoms with Crippen LogP contribution in [0.2, 0.25) is 0 Å². The van der Waals surface area contributed by atoms with Gasteiger partial charge >= 0.3 is 0 Å². The van der Waals surface area contributed by atoms with Crippen LogP contribution in [-0.2, 0) is 9.53 Å². The third-order valence-electron chi connectivity index (χ3n) is 5.99. The predicted octanol–water partition coefficient (Wildman–Crippen LogP) is 1.70. The molecule has 2 bridgehead atoms. The topological polar surface area (TPSA) is 50.4 Å². The van der Waals surface area contributed by atoms with Gasteiger partial charge in [0, 0.05) is 19.1 Å². The van der Waals surface area contributed by atoms with E-state index in [4.69, 9.17) is 4.74 Å². The Bertz CT molecular complexity index is 385. The molecule has 0 aromatic heterocycles. The van der Waals surface area contributed by atoms with E-state index in [1.165, 1.54) is 19.3 Å². The first-order chi connectivity index (χ1) is 9.42. The number of rotatable bonds is 3. The number of fused-ring (bicyclic) bond motifs is 2. The highest BCUT2D eigenvalue weighted by molar-refractivity contribution is 5.77. The number of amides is 1. The van der Waals surface area contributed by atoms with Crippen molar-refractivity contribution in [3.63, 3.8) is 0 Å². The van der Waals surface area contributed by atoms with Gasteiger partial charge in [-0.15, -0.1) is 0 Å². The largest absolute Gasteiger partial charge is 0.375 e. The molecule has 0 radical (unpaired) electrons. The molecule has 2 aliphatic carbocycles. The summed E-state index contributed by atoms with van der Waals surface area (Å²) in [5, 5.41) is 6.62. The lowest BCUT2D eigenvalue weighted by atomic mass is 9.68. The Labute approximate surface area is 122 Å². The predicted molar refractivity (Wildman–Crippen MR) is 78.4 cm³/mol. The standard InChI is InChI=1S/C16H28N2O2/c1-15(2)11-4-5-16(3,9-11)14(15)18-13(19)8-12-10-17-6-7-20-12/h11-12,14,17H,4-10H2,1-3H3,(H,18,19). The Hall–Kier alpha value is -0.610. The van der Waals surface area contributed by atoms with E-state index in [9.17, 15) is 4.79 Å². The van der Waals surface area contributed by atoms with Crippen LogP contribution in [0.3, 0.4) is 0 Å². The fourth-order valence-electron chi connectivity index (χ4n) is 4.84. The Balaban J connectivity index is 1.60. The number of morpholine rings is 1. The lowest BCUT2D eigenvalue weighted by molar-refractivity contribution is -0.127. The number of carbonyl (C=O) groups excluding carboxylic acids is 1. The highest BCUT2D eigenvalue weighted by Crippen LogP contribution is 2.62. The van der Waals surface area contributed by atoms with Gasteiger partial charge in [-0.2, -0.15) is 0 Å². The zero-order valence-corrected chi connectivity index (χ0v) is 13.0. The molecule has 4 nitrogen and oxygen atoms in total. The highest BCUT2D eigenvalue weighted by atomic mass is 16.5. The number of ether oxygens (including phenoxy) is 1. The third kappa shape index (κ3) is 2.37. The number of hydrogen-bond acceptors (Lipinski definition) is 3. The van der Waals surface area contributed by atoms with Gasteiger partial charge in [-0.05, 0) is 36.0 Å². The van der Waals surface area contributed by atoms with Crippen LogP contribution in [0.4, 0.5) is 0 Å². The van der Waals surface area contributed by atoms with Gasteiger partial charge in [0.05, 0.1) is 19.1 Å². The molecule has 1 amide bonds. The minimum Gasteiger partial charge on any atom is -0.375 e. The molecule has 4 unspecified atom stereocenters. The first-order valence-corrected chi connectivity index (χ1v) is 8.03. The molecule has 0 spiro atoms. The summed E-state index contributed by atoms with van der Waals surface area (Å²) in [7, 11) is 0. The lowest BCUT2D eigenvalue weighted by Crippen LogP contribution is -2.53. The minimum atomic E-state index is 0.0401. The van der Waals surface area contributed by atoms with E-state index in [0.717, 1.165) is 19.0 Å². The van der Waals surface area contributed by atoms with E-state index in [0.29, 0.717) is 24.5 Å². The van der Waals surface area contributed by atoms with E-state index in [2.05, 4.69) is 31.4 Å². The second-order valence-electron chi connectivity index (χ2n) is 7.82. The molecule has 3 rings (SSSR count). The van der Waals surface area contributed by atoms with Crippen LogP contribution in [0.25, 0.3) is 0 Å². The molecule has 4 heteroatoms. The SMILES string of the molecule is CC12CCC(C1)C(C)(C)C2NC(=O)CC1CNCCO1. The Kier molecular flexibility index (Phi) is 3.57. The molecule has 3 fully saturated rings. The number of carbonyl (C=O) groups is 1. The molecule has 1 aliphatic heterocycles. The molecule has 3 aliphatic rings. The fourth-order valence-corrected chi connectivity index (χ4v) is 4.84. The van der Waals surface area contributed by atoms with Gasteiger partial charge in [0.2, 0.25) is 5.91 Å². The van der Waals surface area contributed by atoms with Crippen molar-refractivity contribution in [1.82, 2.24) is 10.6 Å². The van der Waals surface area contributed by atoms with Crippen molar-refractivity contribution in [2.24, 2.45) is 16.7 Å². The van der Waals surface area contributed by atoms with Gasteiger partial charge in [0.15, 0.2) is 0 Å². The van der Waals surface area contributed by atoms with Crippen molar-refractivity contribution in [3.8, 4) is 0 Å². The Morgan fingerprint density at radius 1 is 1.40 bits per heavy atom. The molecule has 4 atom stereocenters. The maximum atomic E-state index is 12.4. The summed E-state index contributed by atoms with van der Waals surface area (Å²) in [6, 6.07) is 0.317. The summed E-state index contributed by atoms with van der Waals surface area (Å²) in [4.78, 5) is 12.4.